The Kier molecular flexibility index (Phi) is 4.99. The molecule has 3 unspecified atom stereocenters. The van der Waals surface area contributed by atoms with Crippen LogP contribution in [0.2, 0.25) is 0 Å². The number of rotatable bonds is 5. The van der Waals surface area contributed by atoms with Crippen molar-refractivity contribution in [1.29, 1.82) is 0 Å². The fourth-order valence-electron chi connectivity index (χ4n) is 2.91. The van der Waals surface area contributed by atoms with Crippen LogP contribution in [0.3, 0.4) is 0 Å². The van der Waals surface area contributed by atoms with Crippen molar-refractivity contribution in [3.8, 4) is 0 Å². The highest BCUT2D eigenvalue weighted by Crippen LogP contribution is 2.39. The molecule has 0 saturated carbocycles. The van der Waals surface area contributed by atoms with Crippen LogP contribution in [0.25, 0.3) is 0 Å². The minimum Gasteiger partial charge on any atom is -0.460 e. The molecule has 5 heteroatoms. The van der Waals surface area contributed by atoms with E-state index in [9.17, 15) is 9.59 Å². The Morgan fingerprint density at radius 2 is 2.15 bits per heavy atom. The quantitative estimate of drug-likeness (QED) is 0.626. The van der Waals surface area contributed by atoms with Gasteiger partial charge in [0, 0.05) is 24.1 Å². The number of carbonyl (C=O) groups excluding carboxylic acids is 2. The molecule has 0 aromatic heterocycles. The van der Waals surface area contributed by atoms with Crippen molar-refractivity contribution in [3.05, 3.63) is 0 Å². The number of fused-ring (bicyclic) bond motifs is 1. The SMILES string of the molecule is CC(C)(C)OC(=O)CCCCC1SCC2CC(=O)NC21. The maximum atomic E-state index is 11.6. The monoisotopic (exact) mass is 299 g/mol. The van der Waals surface area contributed by atoms with Gasteiger partial charge in [-0.05, 0) is 45.3 Å². The summed E-state index contributed by atoms with van der Waals surface area (Å²) in [6, 6.07) is 0.369. The highest BCUT2D eigenvalue weighted by Gasteiger charge is 2.42. The van der Waals surface area contributed by atoms with Gasteiger partial charge >= 0.3 is 5.97 Å². The number of nitrogens with one attached hydrogen (secondary N) is 1. The molecule has 1 N–H and O–H groups in total. The zero-order valence-corrected chi connectivity index (χ0v) is 13.4. The van der Waals surface area contributed by atoms with Crippen molar-refractivity contribution in [2.75, 3.05) is 5.75 Å². The number of ether oxygens (including phenoxy) is 1. The number of hydrogen-bond acceptors (Lipinski definition) is 4. The Hall–Kier alpha value is -0.710. The Morgan fingerprint density at radius 3 is 2.85 bits per heavy atom. The van der Waals surface area contributed by atoms with Crippen LogP contribution in [0, 0.1) is 5.92 Å². The largest absolute Gasteiger partial charge is 0.460 e. The van der Waals surface area contributed by atoms with Gasteiger partial charge in [0.2, 0.25) is 5.91 Å². The van der Waals surface area contributed by atoms with Gasteiger partial charge < -0.3 is 10.1 Å². The van der Waals surface area contributed by atoms with Crippen LogP contribution in [0.15, 0.2) is 0 Å². The first-order chi connectivity index (χ1) is 9.35. The van der Waals surface area contributed by atoms with E-state index < -0.39 is 0 Å². The molecule has 2 fully saturated rings. The lowest BCUT2D eigenvalue weighted by Gasteiger charge is -2.20. The van der Waals surface area contributed by atoms with Gasteiger partial charge in [-0.15, -0.1) is 0 Å². The van der Waals surface area contributed by atoms with Crippen molar-refractivity contribution in [3.63, 3.8) is 0 Å². The minimum atomic E-state index is -0.389. The van der Waals surface area contributed by atoms with E-state index in [0.29, 0.717) is 30.1 Å². The van der Waals surface area contributed by atoms with Crippen molar-refractivity contribution >= 4 is 23.6 Å². The summed E-state index contributed by atoms with van der Waals surface area (Å²) in [6.45, 7) is 5.68. The number of esters is 1. The molecule has 114 valence electrons. The lowest BCUT2D eigenvalue weighted by molar-refractivity contribution is -0.154. The Labute approximate surface area is 125 Å². The van der Waals surface area contributed by atoms with Crippen molar-refractivity contribution in [2.45, 2.75) is 69.8 Å². The van der Waals surface area contributed by atoms with E-state index in [4.69, 9.17) is 4.74 Å². The molecule has 0 bridgehead atoms. The summed E-state index contributed by atoms with van der Waals surface area (Å²) in [7, 11) is 0. The van der Waals surface area contributed by atoms with E-state index in [0.717, 1.165) is 25.0 Å². The third-order valence-corrected chi connectivity index (χ3v) is 5.33. The Balaban J connectivity index is 1.62. The highest BCUT2D eigenvalue weighted by molar-refractivity contribution is 8.00. The first kappa shape index (κ1) is 15.7. The van der Waals surface area contributed by atoms with E-state index >= 15 is 0 Å². The lowest BCUT2D eigenvalue weighted by atomic mass is 9.97. The van der Waals surface area contributed by atoms with Gasteiger partial charge in [0.05, 0.1) is 0 Å². The summed E-state index contributed by atoms with van der Waals surface area (Å²) in [5.74, 6) is 1.73. The fourth-order valence-corrected chi connectivity index (χ4v) is 4.56. The van der Waals surface area contributed by atoms with Crippen molar-refractivity contribution < 1.29 is 14.3 Å². The molecular formula is C15H25NO3S. The van der Waals surface area contributed by atoms with Gasteiger partial charge in [-0.2, -0.15) is 11.8 Å². The second-order valence-electron chi connectivity index (χ2n) is 6.76. The summed E-state index contributed by atoms with van der Waals surface area (Å²) in [5.41, 5.74) is -0.389. The summed E-state index contributed by atoms with van der Waals surface area (Å²) in [6.07, 6.45) is 4.17. The van der Waals surface area contributed by atoms with Gasteiger partial charge in [0.25, 0.3) is 0 Å². The van der Waals surface area contributed by atoms with E-state index in [1.54, 1.807) is 0 Å². The molecule has 2 saturated heterocycles. The Bertz CT molecular complexity index is 378. The van der Waals surface area contributed by atoms with E-state index in [1.165, 1.54) is 0 Å². The molecule has 0 spiro atoms. The lowest BCUT2D eigenvalue weighted by Crippen LogP contribution is -2.34. The molecule has 0 aromatic rings. The highest BCUT2D eigenvalue weighted by atomic mass is 32.2. The van der Waals surface area contributed by atoms with Gasteiger partial charge in [-0.1, -0.05) is 6.42 Å². The first-order valence-electron chi connectivity index (χ1n) is 7.48. The maximum absolute atomic E-state index is 11.6. The first-order valence-corrected chi connectivity index (χ1v) is 8.53. The zero-order chi connectivity index (χ0) is 14.8. The predicted molar refractivity (Wildman–Crippen MR) is 80.6 cm³/mol. The standard InChI is InChI=1S/C15H25NO3S/c1-15(2,3)19-13(18)7-5-4-6-11-14-10(9-20-11)8-12(17)16-14/h10-11,14H,4-9H2,1-3H3,(H,16,17). The normalized spacial score (nSPS) is 29.1. The van der Waals surface area contributed by atoms with Gasteiger partial charge in [0.1, 0.15) is 5.60 Å². The number of carbonyl (C=O) groups is 2. The van der Waals surface area contributed by atoms with E-state index in [2.05, 4.69) is 5.32 Å². The smallest absolute Gasteiger partial charge is 0.306 e. The molecule has 2 heterocycles. The summed E-state index contributed by atoms with van der Waals surface area (Å²) in [5, 5.41) is 3.63. The third-order valence-electron chi connectivity index (χ3n) is 3.75. The van der Waals surface area contributed by atoms with Crippen LogP contribution in [-0.2, 0) is 14.3 Å². The third kappa shape index (κ3) is 4.40. The number of unbranched alkanes of at least 4 members (excludes halogenated alkanes) is 1. The van der Waals surface area contributed by atoms with Crippen LogP contribution < -0.4 is 5.32 Å². The van der Waals surface area contributed by atoms with E-state index in [-0.39, 0.29) is 17.5 Å². The molecule has 0 aliphatic carbocycles. The van der Waals surface area contributed by atoms with Gasteiger partial charge in [0.15, 0.2) is 0 Å². The Morgan fingerprint density at radius 1 is 1.40 bits per heavy atom. The molecular weight excluding hydrogens is 274 g/mol. The fraction of sp³-hybridized carbons (Fsp3) is 0.867. The molecule has 3 atom stereocenters. The maximum Gasteiger partial charge on any atom is 0.306 e. The van der Waals surface area contributed by atoms with Crippen LogP contribution in [0.4, 0.5) is 0 Å². The van der Waals surface area contributed by atoms with E-state index in [1.807, 2.05) is 32.5 Å². The second-order valence-corrected chi connectivity index (χ2v) is 8.03. The molecule has 0 radical (unpaired) electrons. The number of amides is 1. The summed E-state index contributed by atoms with van der Waals surface area (Å²) < 4.78 is 5.29. The number of thioether (sulfide) groups is 1. The van der Waals surface area contributed by atoms with Crippen molar-refractivity contribution in [1.82, 2.24) is 5.32 Å². The van der Waals surface area contributed by atoms with Gasteiger partial charge in [-0.3, -0.25) is 9.59 Å². The van der Waals surface area contributed by atoms with Crippen LogP contribution in [-0.4, -0.2) is 34.5 Å². The van der Waals surface area contributed by atoms with Gasteiger partial charge in [-0.25, -0.2) is 0 Å². The number of hydrogen-bond donors (Lipinski definition) is 1. The predicted octanol–water partition coefficient (Wildman–Crippen LogP) is 2.51. The summed E-state index contributed by atoms with van der Waals surface area (Å²) >= 11 is 1.97. The zero-order valence-electron chi connectivity index (χ0n) is 12.6. The minimum absolute atomic E-state index is 0.108. The topological polar surface area (TPSA) is 55.4 Å². The summed E-state index contributed by atoms with van der Waals surface area (Å²) in [4.78, 5) is 23.0. The molecule has 1 amide bonds. The molecule has 20 heavy (non-hydrogen) atoms. The molecule has 2 aliphatic heterocycles. The molecule has 2 aliphatic rings. The second kappa shape index (κ2) is 6.37. The van der Waals surface area contributed by atoms with Crippen molar-refractivity contribution in [2.24, 2.45) is 5.92 Å². The molecule has 4 nitrogen and oxygen atoms in total. The molecule has 0 aromatic carbocycles. The van der Waals surface area contributed by atoms with Crippen LogP contribution in [0.5, 0.6) is 0 Å². The average Bonchev–Trinajstić information content (AvgIpc) is 2.82. The van der Waals surface area contributed by atoms with Crippen LogP contribution in [0.1, 0.15) is 52.9 Å². The van der Waals surface area contributed by atoms with Crippen LogP contribution >= 0.6 is 11.8 Å². The molecule has 2 rings (SSSR count). The average molecular weight is 299 g/mol.